The van der Waals surface area contributed by atoms with Gasteiger partial charge in [0.2, 0.25) is 5.91 Å². The number of ether oxygens (including phenoxy) is 1. The fourth-order valence-corrected chi connectivity index (χ4v) is 2.24. The second-order valence-corrected chi connectivity index (χ2v) is 4.66. The van der Waals surface area contributed by atoms with Crippen LogP contribution in [0, 0.1) is 0 Å². The number of carbonyl (C=O) groups is 1. The minimum absolute atomic E-state index is 0. The van der Waals surface area contributed by atoms with Crippen molar-refractivity contribution in [2.24, 2.45) is 5.73 Å². The molecule has 94 valence electrons. The Morgan fingerprint density at radius 3 is 2.75 bits per heavy atom. The fraction of sp³-hybridized carbons (Fsp3) is 0.909. The number of carbonyl (C=O) groups excluding carboxylic acids is 1. The lowest BCUT2D eigenvalue weighted by Crippen LogP contribution is -2.62. The predicted molar refractivity (Wildman–Crippen MR) is 64.6 cm³/mol. The van der Waals surface area contributed by atoms with Crippen LogP contribution in [0.1, 0.15) is 32.6 Å². The molecule has 0 aromatic heterocycles. The first-order valence-electron chi connectivity index (χ1n) is 5.85. The highest BCUT2D eigenvalue weighted by Crippen LogP contribution is 2.31. The van der Waals surface area contributed by atoms with Gasteiger partial charge in [0.1, 0.15) is 0 Å². The molecule has 1 saturated heterocycles. The molecule has 0 bridgehead atoms. The Morgan fingerprint density at radius 2 is 2.25 bits per heavy atom. The topological polar surface area (TPSA) is 55.6 Å². The van der Waals surface area contributed by atoms with Crippen molar-refractivity contribution in [1.29, 1.82) is 0 Å². The zero-order chi connectivity index (χ0) is 10.9. The zero-order valence-corrected chi connectivity index (χ0v) is 10.6. The van der Waals surface area contributed by atoms with Crippen LogP contribution in [0.3, 0.4) is 0 Å². The van der Waals surface area contributed by atoms with Gasteiger partial charge in [0.05, 0.1) is 18.2 Å². The van der Waals surface area contributed by atoms with Gasteiger partial charge in [-0.2, -0.15) is 0 Å². The van der Waals surface area contributed by atoms with Crippen molar-refractivity contribution in [1.82, 2.24) is 4.90 Å². The monoisotopic (exact) mass is 248 g/mol. The number of amides is 1. The van der Waals surface area contributed by atoms with Gasteiger partial charge in [-0.25, -0.2) is 0 Å². The van der Waals surface area contributed by atoms with Gasteiger partial charge in [-0.3, -0.25) is 4.79 Å². The highest BCUT2D eigenvalue weighted by molar-refractivity contribution is 5.87. The van der Waals surface area contributed by atoms with E-state index in [9.17, 15) is 4.79 Å². The SMILES string of the molecule is CCC1CN(C(=O)C2(N)CCC2)CCO1.Cl. The van der Waals surface area contributed by atoms with Crippen LogP contribution in [-0.2, 0) is 9.53 Å². The first-order chi connectivity index (χ1) is 7.15. The van der Waals surface area contributed by atoms with Crippen molar-refractivity contribution >= 4 is 18.3 Å². The van der Waals surface area contributed by atoms with Crippen LogP contribution in [0.25, 0.3) is 0 Å². The number of hydrogen-bond acceptors (Lipinski definition) is 3. The second kappa shape index (κ2) is 5.34. The molecule has 1 heterocycles. The van der Waals surface area contributed by atoms with Crippen LogP contribution in [0.4, 0.5) is 0 Å². The lowest BCUT2D eigenvalue weighted by molar-refractivity contribution is -0.147. The molecule has 4 nitrogen and oxygen atoms in total. The average Bonchev–Trinajstić information content (AvgIpc) is 2.25. The van der Waals surface area contributed by atoms with Crippen molar-refractivity contribution < 1.29 is 9.53 Å². The van der Waals surface area contributed by atoms with Gasteiger partial charge in [0.15, 0.2) is 0 Å². The smallest absolute Gasteiger partial charge is 0.242 e. The molecule has 2 rings (SSSR count). The van der Waals surface area contributed by atoms with E-state index < -0.39 is 5.54 Å². The minimum Gasteiger partial charge on any atom is -0.375 e. The number of hydrogen-bond donors (Lipinski definition) is 1. The molecular formula is C11H21ClN2O2. The summed E-state index contributed by atoms with van der Waals surface area (Å²) >= 11 is 0. The molecular weight excluding hydrogens is 228 g/mol. The summed E-state index contributed by atoms with van der Waals surface area (Å²) in [5.74, 6) is 0.135. The van der Waals surface area contributed by atoms with E-state index in [-0.39, 0.29) is 24.4 Å². The van der Waals surface area contributed by atoms with Gasteiger partial charge in [-0.05, 0) is 25.7 Å². The third-order valence-corrected chi connectivity index (χ3v) is 3.55. The van der Waals surface area contributed by atoms with Crippen LogP contribution in [-0.4, -0.2) is 42.1 Å². The van der Waals surface area contributed by atoms with E-state index in [0.29, 0.717) is 19.7 Å². The van der Waals surface area contributed by atoms with Crippen LogP contribution < -0.4 is 5.73 Å². The Morgan fingerprint density at radius 1 is 1.56 bits per heavy atom. The van der Waals surface area contributed by atoms with Gasteiger partial charge < -0.3 is 15.4 Å². The van der Waals surface area contributed by atoms with Gasteiger partial charge in [-0.1, -0.05) is 6.92 Å². The average molecular weight is 249 g/mol. The Balaban J connectivity index is 0.00000128. The van der Waals surface area contributed by atoms with Crippen LogP contribution >= 0.6 is 12.4 Å². The number of nitrogens with zero attached hydrogens (tertiary/aromatic N) is 1. The van der Waals surface area contributed by atoms with E-state index in [1.54, 1.807) is 0 Å². The molecule has 2 N–H and O–H groups in total. The molecule has 16 heavy (non-hydrogen) atoms. The summed E-state index contributed by atoms with van der Waals surface area (Å²) in [6, 6.07) is 0. The molecule has 1 aliphatic heterocycles. The van der Waals surface area contributed by atoms with Gasteiger partial charge >= 0.3 is 0 Å². The molecule has 1 aliphatic carbocycles. The lowest BCUT2D eigenvalue weighted by Gasteiger charge is -2.42. The van der Waals surface area contributed by atoms with E-state index >= 15 is 0 Å². The van der Waals surface area contributed by atoms with Crippen molar-refractivity contribution in [3.63, 3.8) is 0 Å². The lowest BCUT2D eigenvalue weighted by atomic mass is 9.76. The molecule has 0 aromatic rings. The Hall–Kier alpha value is -0.320. The normalized spacial score (nSPS) is 27.9. The van der Waals surface area contributed by atoms with E-state index in [4.69, 9.17) is 10.5 Å². The van der Waals surface area contributed by atoms with E-state index in [1.165, 1.54) is 0 Å². The summed E-state index contributed by atoms with van der Waals surface area (Å²) in [5, 5.41) is 0. The molecule has 1 amide bonds. The fourth-order valence-electron chi connectivity index (χ4n) is 2.24. The molecule has 2 fully saturated rings. The molecule has 1 unspecified atom stereocenters. The summed E-state index contributed by atoms with van der Waals surface area (Å²) in [7, 11) is 0. The standard InChI is InChI=1S/C11H20N2O2.ClH/c1-2-9-8-13(6-7-15-9)10(14)11(12)4-3-5-11;/h9H,2-8,12H2,1H3;1H. The maximum absolute atomic E-state index is 12.1. The Kier molecular flexibility index (Phi) is 4.59. The Labute approximate surface area is 103 Å². The van der Waals surface area contributed by atoms with Crippen LogP contribution in [0.5, 0.6) is 0 Å². The molecule has 2 aliphatic rings. The van der Waals surface area contributed by atoms with Crippen LogP contribution in [0.2, 0.25) is 0 Å². The van der Waals surface area contributed by atoms with Crippen LogP contribution in [0.15, 0.2) is 0 Å². The summed E-state index contributed by atoms with van der Waals surface area (Å²) in [5.41, 5.74) is 5.49. The molecule has 0 spiro atoms. The van der Waals surface area contributed by atoms with E-state index in [2.05, 4.69) is 6.92 Å². The maximum Gasteiger partial charge on any atom is 0.242 e. The number of morpholine rings is 1. The third-order valence-electron chi connectivity index (χ3n) is 3.55. The molecule has 0 aromatic carbocycles. The van der Waals surface area contributed by atoms with Crippen molar-refractivity contribution in [3.8, 4) is 0 Å². The summed E-state index contributed by atoms with van der Waals surface area (Å²) in [6.07, 6.45) is 3.94. The number of halogens is 1. The van der Waals surface area contributed by atoms with Crippen molar-refractivity contribution in [2.45, 2.75) is 44.2 Å². The Bertz CT molecular complexity index is 256. The third kappa shape index (κ3) is 2.50. The molecule has 1 atom stereocenters. The first-order valence-corrected chi connectivity index (χ1v) is 5.85. The first kappa shape index (κ1) is 13.7. The van der Waals surface area contributed by atoms with Gasteiger partial charge in [0.25, 0.3) is 0 Å². The highest BCUT2D eigenvalue weighted by Gasteiger charge is 2.43. The van der Waals surface area contributed by atoms with Gasteiger partial charge in [-0.15, -0.1) is 12.4 Å². The largest absolute Gasteiger partial charge is 0.375 e. The highest BCUT2D eigenvalue weighted by atomic mass is 35.5. The predicted octanol–water partition coefficient (Wildman–Crippen LogP) is 0.927. The molecule has 5 heteroatoms. The molecule has 0 radical (unpaired) electrons. The summed E-state index contributed by atoms with van der Waals surface area (Å²) in [4.78, 5) is 14.0. The molecule has 1 saturated carbocycles. The van der Waals surface area contributed by atoms with Gasteiger partial charge in [0, 0.05) is 13.1 Å². The zero-order valence-electron chi connectivity index (χ0n) is 9.78. The number of rotatable bonds is 2. The van der Waals surface area contributed by atoms with Crippen molar-refractivity contribution in [2.75, 3.05) is 19.7 Å². The summed E-state index contributed by atoms with van der Waals surface area (Å²) < 4.78 is 5.54. The van der Waals surface area contributed by atoms with E-state index in [0.717, 1.165) is 25.7 Å². The quantitative estimate of drug-likeness (QED) is 0.791. The minimum atomic E-state index is -0.546. The van der Waals surface area contributed by atoms with Crippen molar-refractivity contribution in [3.05, 3.63) is 0 Å². The van der Waals surface area contributed by atoms with E-state index in [1.807, 2.05) is 4.90 Å². The maximum atomic E-state index is 12.1. The summed E-state index contributed by atoms with van der Waals surface area (Å²) in [6.45, 7) is 4.16. The second-order valence-electron chi connectivity index (χ2n) is 4.66. The number of nitrogens with two attached hydrogens (primary N) is 1.